The third-order valence-corrected chi connectivity index (χ3v) is 4.69. The summed E-state index contributed by atoms with van der Waals surface area (Å²) in [5.74, 6) is -2.26. The Balaban J connectivity index is 1.65. The molecule has 1 aliphatic carbocycles. The monoisotopic (exact) mass is 314 g/mol. The average molecular weight is 314 g/mol. The summed E-state index contributed by atoms with van der Waals surface area (Å²) in [7, 11) is 0. The van der Waals surface area contributed by atoms with Crippen LogP contribution in [0.25, 0.3) is 0 Å². The van der Waals surface area contributed by atoms with Gasteiger partial charge in [0.1, 0.15) is 0 Å². The number of carbonyl (C=O) groups excluding carboxylic acids is 1. The van der Waals surface area contributed by atoms with Crippen LogP contribution in [0.4, 0.5) is 11.4 Å². The molecule has 2 unspecified atom stereocenters. The van der Waals surface area contributed by atoms with Gasteiger partial charge in [-0.25, -0.2) is 0 Å². The number of carbonyl (C=O) groups is 2. The number of rotatable bonds is 4. The number of anilines is 2. The molecule has 2 aliphatic rings. The first-order chi connectivity index (χ1) is 11.1. The van der Waals surface area contributed by atoms with E-state index in [1.807, 2.05) is 36.4 Å². The van der Waals surface area contributed by atoms with Gasteiger partial charge in [-0.2, -0.15) is 0 Å². The number of hydrogen-bond acceptors (Lipinski definition) is 3. The van der Waals surface area contributed by atoms with Gasteiger partial charge >= 0.3 is 5.97 Å². The summed E-state index contributed by atoms with van der Waals surface area (Å²) in [6, 6.07) is 7.80. The Labute approximate surface area is 136 Å². The van der Waals surface area contributed by atoms with E-state index in [4.69, 9.17) is 0 Å². The molecule has 1 aromatic carbocycles. The minimum atomic E-state index is -0.904. The smallest absolute Gasteiger partial charge is 0.307 e. The predicted octanol–water partition coefficient (Wildman–Crippen LogP) is 2.89. The summed E-state index contributed by atoms with van der Waals surface area (Å²) >= 11 is 0. The largest absolute Gasteiger partial charge is 0.481 e. The van der Waals surface area contributed by atoms with Crippen LogP contribution in [-0.2, 0) is 9.59 Å². The minimum absolute atomic E-state index is 0.212. The third kappa shape index (κ3) is 3.55. The molecule has 3 rings (SSSR count). The average Bonchev–Trinajstić information content (AvgIpc) is 3.10. The van der Waals surface area contributed by atoms with E-state index < -0.39 is 17.8 Å². The van der Waals surface area contributed by atoms with E-state index in [-0.39, 0.29) is 5.91 Å². The van der Waals surface area contributed by atoms with Crippen LogP contribution in [0.1, 0.15) is 25.7 Å². The van der Waals surface area contributed by atoms with Crippen LogP contribution < -0.4 is 10.2 Å². The number of carboxylic acids is 1. The first-order valence-electron chi connectivity index (χ1n) is 8.19. The van der Waals surface area contributed by atoms with Gasteiger partial charge < -0.3 is 15.3 Å². The molecule has 0 bridgehead atoms. The zero-order valence-corrected chi connectivity index (χ0v) is 13.1. The highest BCUT2D eigenvalue weighted by Gasteiger charge is 2.33. The van der Waals surface area contributed by atoms with Gasteiger partial charge in [0.05, 0.1) is 11.8 Å². The van der Waals surface area contributed by atoms with E-state index in [1.165, 1.54) is 18.5 Å². The van der Waals surface area contributed by atoms with Crippen LogP contribution in [0, 0.1) is 11.8 Å². The summed E-state index contributed by atoms with van der Waals surface area (Å²) in [5, 5.41) is 12.1. The van der Waals surface area contributed by atoms with Crippen molar-refractivity contribution in [3.8, 4) is 0 Å². The van der Waals surface area contributed by atoms with Gasteiger partial charge in [-0.05, 0) is 49.9 Å². The van der Waals surface area contributed by atoms with E-state index >= 15 is 0 Å². The fourth-order valence-electron chi connectivity index (χ4n) is 3.34. The van der Waals surface area contributed by atoms with Gasteiger partial charge in [-0.3, -0.25) is 9.59 Å². The Kier molecular flexibility index (Phi) is 4.65. The van der Waals surface area contributed by atoms with Crippen molar-refractivity contribution in [2.45, 2.75) is 25.7 Å². The Bertz CT molecular complexity index is 603. The molecule has 5 nitrogen and oxygen atoms in total. The van der Waals surface area contributed by atoms with Gasteiger partial charge in [0.25, 0.3) is 0 Å². The molecule has 122 valence electrons. The first-order valence-corrected chi connectivity index (χ1v) is 8.19. The van der Waals surface area contributed by atoms with Crippen molar-refractivity contribution in [3.63, 3.8) is 0 Å². The molecule has 0 saturated carbocycles. The molecule has 0 aromatic heterocycles. The Morgan fingerprint density at radius 1 is 1.00 bits per heavy atom. The van der Waals surface area contributed by atoms with E-state index in [0.29, 0.717) is 12.8 Å². The second-order valence-corrected chi connectivity index (χ2v) is 6.22. The first kappa shape index (κ1) is 15.6. The molecule has 1 heterocycles. The zero-order chi connectivity index (χ0) is 16.2. The Morgan fingerprint density at radius 2 is 1.61 bits per heavy atom. The van der Waals surface area contributed by atoms with Crippen molar-refractivity contribution in [1.29, 1.82) is 0 Å². The number of allylic oxidation sites excluding steroid dienone is 2. The summed E-state index contributed by atoms with van der Waals surface area (Å²) in [4.78, 5) is 26.0. The molecule has 2 N–H and O–H groups in total. The number of hydrogen-bond donors (Lipinski definition) is 2. The van der Waals surface area contributed by atoms with Gasteiger partial charge in [-0.15, -0.1) is 0 Å². The minimum Gasteiger partial charge on any atom is -0.481 e. The third-order valence-electron chi connectivity index (χ3n) is 4.69. The molecule has 0 spiro atoms. The van der Waals surface area contributed by atoms with Crippen LogP contribution >= 0.6 is 0 Å². The van der Waals surface area contributed by atoms with Crippen molar-refractivity contribution in [2.75, 3.05) is 23.3 Å². The fraction of sp³-hybridized carbons (Fsp3) is 0.444. The zero-order valence-electron chi connectivity index (χ0n) is 13.1. The van der Waals surface area contributed by atoms with Crippen LogP contribution in [-0.4, -0.2) is 30.1 Å². The quantitative estimate of drug-likeness (QED) is 0.838. The maximum Gasteiger partial charge on any atom is 0.307 e. The second-order valence-electron chi connectivity index (χ2n) is 6.22. The molecular weight excluding hydrogens is 292 g/mol. The lowest BCUT2D eigenvalue weighted by atomic mass is 9.82. The van der Waals surface area contributed by atoms with Crippen molar-refractivity contribution < 1.29 is 14.7 Å². The maximum atomic E-state index is 12.4. The van der Waals surface area contributed by atoms with Gasteiger partial charge in [-0.1, -0.05) is 12.2 Å². The highest BCUT2D eigenvalue weighted by molar-refractivity contribution is 5.95. The molecule has 5 heteroatoms. The lowest BCUT2D eigenvalue weighted by molar-refractivity contribution is -0.146. The number of carboxylic acid groups (broad SMARTS) is 1. The van der Waals surface area contributed by atoms with Crippen molar-refractivity contribution in [3.05, 3.63) is 36.4 Å². The van der Waals surface area contributed by atoms with E-state index in [2.05, 4.69) is 10.2 Å². The highest BCUT2D eigenvalue weighted by atomic mass is 16.4. The molecule has 2 atom stereocenters. The van der Waals surface area contributed by atoms with Crippen molar-refractivity contribution in [2.24, 2.45) is 11.8 Å². The van der Waals surface area contributed by atoms with Crippen molar-refractivity contribution >= 4 is 23.3 Å². The summed E-state index contributed by atoms with van der Waals surface area (Å²) < 4.78 is 0. The van der Waals surface area contributed by atoms with Crippen LogP contribution in [0.3, 0.4) is 0 Å². The molecule has 1 saturated heterocycles. The summed E-state index contributed by atoms with van der Waals surface area (Å²) in [6.45, 7) is 2.17. The number of nitrogens with one attached hydrogen (secondary N) is 1. The lowest BCUT2D eigenvalue weighted by Crippen LogP contribution is -2.34. The van der Waals surface area contributed by atoms with Crippen LogP contribution in [0.2, 0.25) is 0 Å². The van der Waals surface area contributed by atoms with E-state index in [9.17, 15) is 14.7 Å². The van der Waals surface area contributed by atoms with Gasteiger partial charge in [0.2, 0.25) is 5.91 Å². The number of amides is 1. The molecule has 1 amide bonds. The second kappa shape index (κ2) is 6.86. The van der Waals surface area contributed by atoms with Crippen LogP contribution in [0.5, 0.6) is 0 Å². The van der Waals surface area contributed by atoms with Crippen molar-refractivity contribution in [1.82, 2.24) is 0 Å². The number of benzene rings is 1. The molecule has 1 fully saturated rings. The molecule has 0 radical (unpaired) electrons. The van der Waals surface area contributed by atoms with Crippen LogP contribution in [0.15, 0.2) is 36.4 Å². The summed E-state index contributed by atoms with van der Waals surface area (Å²) in [6.07, 6.45) is 7.08. The summed E-state index contributed by atoms with van der Waals surface area (Å²) in [5.41, 5.74) is 1.89. The standard InChI is InChI=1S/C18H22N2O3/c21-17(15-5-1-2-6-16(15)18(22)23)19-13-7-9-14(10-8-13)20-11-3-4-12-20/h1-2,7-10,15-16H,3-6,11-12H2,(H,19,21)(H,22,23). The fourth-order valence-corrected chi connectivity index (χ4v) is 3.34. The van der Waals surface area contributed by atoms with Gasteiger partial charge in [0, 0.05) is 24.5 Å². The Hall–Kier alpha value is -2.30. The maximum absolute atomic E-state index is 12.4. The highest BCUT2D eigenvalue weighted by Crippen LogP contribution is 2.28. The van der Waals surface area contributed by atoms with E-state index in [1.54, 1.807) is 0 Å². The normalized spacial score (nSPS) is 23.7. The predicted molar refractivity (Wildman–Crippen MR) is 89.5 cm³/mol. The molecule has 23 heavy (non-hydrogen) atoms. The molecular formula is C18H22N2O3. The Morgan fingerprint density at radius 3 is 2.22 bits per heavy atom. The molecule has 1 aliphatic heterocycles. The van der Waals surface area contributed by atoms with E-state index in [0.717, 1.165) is 18.8 Å². The molecule has 1 aromatic rings. The lowest BCUT2D eigenvalue weighted by Gasteiger charge is -2.24. The number of aliphatic carboxylic acids is 1. The topological polar surface area (TPSA) is 69.6 Å². The van der Waals surface area contributed by atoms with Gasteiger partial charge in [0.15, 0.2) is 0 Å². The SMILES string of the molecule is O=C(O)C1CC=CCC1C(=O)Nc1ccc(N2CCCC2)cc1. The number of nitrogens with zero attached hydrogens (tertiary/aromatic N) is 1.